The highest BCUT2D eigenvalue weighted by Gasteiger charge is 2.25. The maximum absolute atomic E-state index is 5.70. The van der Waals surface area contributed by atoms with Crippen LogP contribution >= 0.6 is 0 Å². The first-order valence-corrected chi connectivity index (χ1v) is 8.57. The zero-order chi connectivity index (χ0) is 15.9. The fourth-order valence-electron chi connectivity index (χ4n) is 3.23. The van der Waals surface area contributed by atoms with Gasteiger partial charge in [0.2, 0.25) is 0 Å². The molecule has 0 saturated carbocycles. The van der Waals surface area contributed by atoms with Crippen LogP contribution in [0, 0.1) is 0 Å². The Kier molecular flexibility index (Phi) is 5.72. The number of hydrogen-bond acceptors (Lipinski definition) is 4. The highest BCUT2D eigenvalue weighted by Crippen LogP contribution is 2.25. The Balaban J connectivity index is 1.61. The van der Waals surface area contributed by atoms with Crippen LogP contribution in [0.25, 0.3) is 0 Å². The van der Waals surface area contributed by atoms with Crippen molar-refractivity contribution in [3.05, 3.63) is 54.0 Å². The fraction of sp³-hybridized carbons (Fsp3) is 0.474. The SMILES string of the molecule is CCOc1ccccc1CNC[C@@H](c1ccco1)N1CCCC1. The van der Waals surface area contributed by atoms with Crippen molar-refractivity contribution in [3.8, 4) is 5.75 Å². The number of likely N-dealkylation sites (tertiary alicyclic amines) is 1. The Labute approximate surface area is 138 Å². The molecule has 1 aliphatic heterocycles. The third kappa shape index (κ3) is 4.15. The summed E-state index contributed by atoms with van der Waals surface area (Å²) in [6, 6.07) is 12.6. The molecule has 1 aromatic heterocycles. The van der Waals surface area contributed by atoms with E-state index >= 15 is 0 Å². The molecule has 0 amide bonds. The van der Waals surface area contributed by atoms with Crippen molar-refractivity contribution >= 4 is 0 Å². The van der Waals surface area contributed by atoms with Gasteiger partial charge in [-0.1, -0.05) is 18.2 Å². The van der Waals surface area contributed by atoms with Gasteiger partial charge in [-0.25, -0.2) is 0 Å². The summed E-state index contributed by atoms with van der Waals surface area (Å²) in [6.07, 6.45) is 4.33. The zero-order valence-electron chi connectivity index (χ0n) is 13.8. The van der Waals surface area contributed by atoms with Gasteiger partial charge in [-0.05, 0) is 51.1 Å². The minimum atomic E-state index is 0.312. The minimum absolute atomic E-state index is 0.312. The fourth-order valence-corrected chi connectivity index (χ4v) is 3.23. The molecular formula is C19H26N2O2. The van der Waals surface area contributed by atoms with Crippen molar-refractivity contribution < 1.29 is 9.15 Å². The molecule has 2 aromatic rings. The molecule has 0 unspecified atom stereocenters. The average molecular weight is 314 g/mol. The summed E-state index contributed by atoms with van der Waals surface area (Å²) in [7, 11) is 0. The highest BCUT2D eigenvalue weighted by atomic mass is 16.5. The van der Waals surface area contributed by atoms with Gasteiger partial charge in [0.05, 0.1) is 18.9 Å². The van der Waals surface area contributed by atoms with Crippen LogP contribution in [-0.2, 0) is 6.54 Å². The van der Waals surface area contributed by atoms with Gasteiger partial charge >= 0.3 is 0 Å². The van der Waals surface area contributed by atoms with Crippen molar-refractivity contribution in [3.63, 3.8) is 0 Å². The Morgan fingerprint density at radius 3 is 2.74 bits per heavy atom. The maximum atomic E-state index is 5.70. The lowest BCUT2D eigenvalue weighted by Crippen LogP contribution is -2.33. The average Bonchev–Trinajstić information content (AvgIpc) is 3.27. The van der Waals surface area contributed by atoms with Crippen molar-refractivity contribution in [2.45, 2.75) is 32.4 Å². The van der Waals surface area contributed by atoms with E-state index in [1.807, 2.05) is 25.1 Å². The first kappa shape index (κ1) is 16.1. The van der Waals surface area contributed by atoms with E-state index in [2.05, 4.69) is 28.4 Å². The van der Waals surface area contributed by atoms with Gasteiger partial charge in [0.15, 0.2) is 0 Å². The smallest absolute Gasteiger partial charge is 0.123 e. The second-order valence-electron chi connectivity index (χ2n) is 5.95. The lowest BCUT2D eigenvalue weighted by atomic mass is 10.1. The van der Waals surface area contributed by atoms with Gasteiger partial charge in [-0.2, -0.15) is 0 Å². The van der Waals surface area contributed by atoms with E-state index in [9.17, 15) is 0 Å². The molecule has 1 saturated heterocycles. The summed E-state index contributed by atoms with van der Waals surface area (Å²) in [6.45, 7) is 6.71. The molecule has 3 rings (SSSR count). The summed E-state index contributed by atoms with van der Waals surface area (Å²) in [5.74, 6) is 2.02. The van der Waals surface area contributed by atoms with E-state index in [1.165, 1.54) is 18.4 Å². The maximum Gasteiger partial charge on any atom is 0.123 e. The van der Waals surface area contributed by atoms with Gasteiger partial charge in [-0.3, -0.25) is 4.90 Å². The van der Waals surface area contributed by atoms with Crippen molar-refractivity contribution in [1.82, 2.24) is 10.2 Å². The van der Waals surface area contributed by atoms with Crippen LogP contribution in [-0.4, -0.2) is 31.1 Å². The van der Waals surface area contributed by atoms with Gasteiger partial charge in [-0.15, -0.1) is 0 Å². The molecule has 0 spiro atoms. The van der Waals surface area contributed by atoms with E-state index in [0.717, 1.165) is 37.7 Å². The molecule has 124 valence electrons. The molecule has 1 atom stereocenters. The zero-order valence-corrected chi connectivity index (χ0v) is 13.8. The number of furan rings is 1. The van der Waals surface area contributed by atoms with Crippen LogP contribution in [0.4, 0.5) is 0 Å². The van der Waals surface area contributed by atoms with Crippen molar-refractivity contribution in [1.29, 1.82) is 0 Å². The number of ether oxygens (including phenoxy) is 1. The molecule has 4 heteroatoms. The summed E-state index contributed by atoms with van der Waals surface area (Å²) in [5, 5.41) is 3.58. The number of nitrogens with one attached hydrogen (secondary N) is 1. The Hall–Kier alpha value is -1.78. The summed E-state index contributed by atoms with van der Waals surface area (Å²) in [5.41, 5.74) is 1.20. The third-order valence-corrected chi connectivity index (χ3v) is 4.38. The molecule has 1 fully saturated rings. The van der Waals surface area contributed by atoms with E-state index in [1.54, 1.807) is 6.26 Å². The summed E-state index contributed by atoms with van der Waals surface area (Å²) in [4.78, 5) is 2.51. The molecule has 0 aliphatic carbocycles. The molecule has 23 heavy (non-hydrogen) atoms. The third-order valence-electron chi connectivity index (χ3n) is 4.38. The quantitative estimate of drug-likeness (QED) is 0.808. The lowest BCUT2D eigenvalue weighted by molar-refractivity contribution is 0.209. The molecule has 4 nitrogen and oxygen atoms in total. The molecule has 1 aliphatic rings. The van der Waals surface area contributed by atoms with E-state index in [4.69, 9.17) is 9.15 Å². The predicted molar refractivity (Wildman–Crippen MR) is 91.6 cm³/mol. The molecule has 0 bridgehead atoms. The second-order valence-corrected chi connectivity index (χ2v) is 5.95. The first-order chi connectivity index (χ1) is 11.4. The highest BCUT2D eigenvalue weighted by molar-refractivity contribution is 5.33. The Bertz CT molecular complexity index is 577. The van der Waals surface area contributed by atoms with Gasteiger partial charge < -0.3 is 14.5 Å². The van der Waals surface area contributed by atoms with Gasteiger partial charge in [0, 0.05) is 18.7 Å². The monoisotopic (exact) mass is 314 g/mol. The number of nitrogens with zero attached hydrogens (tertiary/aromatic N) is 1. The van der Waals surface area contributed by atoms with Crippen LogP contribution in [0.2, 0.25) is 0 Å². The van der Waals surface area contributed by atoms with Crippen LogP contribution in [0.3, 0.4) is 0 Å². The minimum Gasteiger partial charge on any atom is -0.494 e. The van der Waals surface area contributed by atoms with Gasteiger partial charge in [0.25, 0.3) is 0 Å². The molecule has 2 heterocycles. The molecular weight excluding hydrogens is 288 g/mol. The predicted octanol–water partition coefficient (Wildman–Crippen LogP) is 3.61. The first-order valence-electron chi connectivity index (χ1n) is 8.57. The molecule has 1 N–H and O–H groups in total. The number of hydrogen-bond donors (Lipinski definition) is 1. The second kappa shape index (κ2) is 8.18. The standard InChI is InChI=1S/C19H26N2O2/c1-2-22-18-9-4-3-8-16(18)14-20-15-17(19-10-7-13-23-19)21-11-5-6-12-21/h3-4,7-10,13,17,20H,2,5-6,11-12,14-15H2,1H3/t17-/m0/s1. The molecule has 1 aromatic carbocycles. The number of benzene rings is 1. The van der Waals surface area contributed by atoms with Crippen LogP contribution in [0.15, 0.2) is 47.1 Å². The Morgan fingerprint density at radius 1 is 1.17 bits per heavy atom. The van der Waals surface area contributed by atoms with Crippen molar-refractivity contribution in [2.75, 3.05) is 26.2 Å². The van der Waals surface area contributed by atoms with Crippen molar-refractivity contribution in [2.24, 2.45) is 0 Å². The van der Waals surface area contributed by atoms with Crippen LogP contribution < -0.4 is 10.1 Å². The van der Waals surface area contributed by atoms with E-state index in [0.29, 0.717) is 12.6 Å². The van der Waals surface area contributed by atoms with Crippen LogP contribution in [0.1, 0.15) is 37.1 Å². The topological polar surface area (TPSA) is 37.6 Å². The van der Waals surface area contributed by atoms with Gasteiger partial charge in [0.1, 0.15) is 11.5 Å². The summed E-state index contributed by atoms with van der Waals surface area (Å²) < 4.78 is 11.4. The van der Waals surface area contributed by atoms with Crippen LogP contribution in [0.5, 0.6) is 5.75 Å². The largest absolute Gasteiger partial charge is 0.494 e. The number of para-hydroxylation sites is 1. The van der Waals surface area contributed by atoms with E-state index in [-0.39, 0.29) is 0 Å². The Morgan fingerprint density at radius 2 is 2.00 bits per heavy atom. The van der Waals surface area contributed by atoms with E-state index < -0.39 is 0 Å². The normalized spacial score (nSPS) is 16.6. The lowest BCUT2D eigenvalue weighted by Gasteiger charge is -2.26. The molecule has 0 radical (unpaired) electrons. The number of rotatable bonds is 8. The summed E-state index contributed by atoms with van der Waals surface area (Å²) >= 11 is 0.